The average molecular weight is 257 g/mol. The van der Waals surface area contributed by atoms with E-state index in [1.807, 2.05) is 31.2 Å². The fourth-order valence-electron chi connectivity index (χ4n) is 1.19. The first kappa shape index (κ1) is 13.1. The van der Waals surface area contributed by atoms with Crippen LogP contribution in [0.2, 0.25) is 5.02 Å². The topological polar surface area (TPSA) is 37.3 Å². The molecule has 0 spiro atoms. The number of aliphatic carboxylic acids is 1. The number of carbonyl (C=O) groups is 1. The number of hydrogen-bond acceptors (Lipinski definition) is 2. The molecule has 16 heavy (non-hydrogen) atoms. The van der Waals surface area contributed by atoms with E-state index in [4.69, 9.17) is 16.7 Å². The van der Waals surface area contributed by atoms with Crippen LogP contribution in [0.4, 0.5) is 0 Å². The zero-order valence-electron chi connectivity index (χ0n) is 8.94. The Bertz CT molecular complexity index is 402. The summed E-state index contributed by atoms with van der Waals surface area (Å²) in [6.45, 7) is 1.81. The third kappa shape index (κ3) is 4.73. The van der Waals surface area contributed by atoms with Crippen molar-refractivity contribution in [3.05, 3.63) is 46.5 Å². The predicted molar refractivity (Wildman–Crippen MR) is 69.0 cm³/mol. The second-order valence-corrected chi connectivity index (χ2v) is 4.81. The summed E-state index contributed by atoms with van der Waals surface area (Å²) in [5.41, 5.74) is 1.93. The third-order valence-corrected chi connectivity index (χ3v) is 3.46. The van der Waals surface area contributed by atoms with Gasteiger partial charge in [-0.3, -0.25) is 0 Å². The Morgan fingerprint density at radius 3 is 2.81 bits per heavy atom. The van der Waals surface area contributed by atoms with Crippen LogP contribution in [0.3, 0.4) is 0 Å². The van der Waals surface area contributed by atoms with Crippen molar-refractivity contribution in [2.24, 2.45) is 0 Å². The van der Waals surface area contributed by atoms with Gasteiger partial charge in [-0.15, -0.1) is 0 Å². The lowest BCUT2D eigenvalue weighted by molar-refractivity contribution is -0.131. The van der Waals surface area contributed by atoms with Crippen LogP contribution in [0.15, 0.2) is 35.9 Å². The summed E-state index contributed by atoms with van der Waals surface area (Å²) in [5.74, 6) is 0.609. The number of hydrogen-bond donors (Lipinski definition) is 1. The highest BCUT2D eigenvalue weighted by Gasteiger charge is 2.00. The Kier molecular flexibility index (Phi) is 5.43. The lowest BCUT2D eigenvalue weighted by Crippen LogP contribution is -1.92. The van der Waals surface area contributed by atoms with Crippen molar-refractivity contribution in [1.82, 2.24) is 0 Å². The summed E-state index contributed by atoms with van der Waals surface area (Å²) in [6.07, 6.45) is 1.24. The van der Waals surface area contributed by atoms with Crippen LogP contribution in [-0.4, -0.2) is 16.8 Å². The van der Waals surface area contributed by atoms with E-state index in [1.54, 1.807) is 11.8 Å². The fraction of sp³-hybridized carbons (Fsp3) is 0.250. The van der Waals surface area contributed by atoms with E-state index in [0.29, 0.717) is 5.75 Å². The molecular weight excluding hydrogens is 244 g/mol. The molecule has 0 amide bonds. The van der Waals surface area contributed by atoms with E-state index in [9.17, 15) is 4.79 Å². The van der Waals surface area contributed by atoms with Gasteiger partial charge in [-0.05, 0) is 18.6 Å². The van der Waals surface area contributed by atoms with E-state index >= 15 is 0 Å². The molecule has 1 rings (SSSR count). The van der Waals surface area contributed by atoms with Crippen LogP contribution in [0.25, 0.3) is 0 Å². The van der Waals surface area contributed by atoms with E-state index < -0.39 is 5.97 Å². The second kappa shape index (κ2) is 6.61. The van der Waals surface area contributed by atoms with Crippen LogP contribution in [0.5, 0.6) is 0 Å². The van der Waals surface area contributed by atoms with Gasteiger partial charge in [0, 0.05) is 22.6 Å². The standard InChI is InChI=1S/C12H13ClO2S/c1-9(6-12(14)15)7-16-8-10-4-2-3-5-11(10)13/h2-6H,7-8H2,1H3,(H,14,15)/b9-6-. The van der Waals surface area contributed by atoms with Crippen LogP contribution < -0.4 is 0 Å². The van der Waals surface area contributed by atoms with Gasteiger partial charge in [0.15, 0.2) is 0 Å². The van der Waals surface area contributed by atoms with E-state index in [2.05, 4.69) is 0 Å². The predicted octanol–water partition coefficient (Wildman–Crippen LogP) is 3.60. The van der Waals surface area contributed by atoms with Gasteiger partial charge in [-0.1, -0.05) is 35.4 Å². The molecule has 0 aliphatic carbocycles. The van der Waals surface area contributed by atoms with Gasteiger partial charge in [0.25, 0.3) is 0 Å². The minimum Gasteiger partial charge on any atom is -0.478 e. The Hall–Kier alpha value is -0.930. The summed E-state index contributed by atoms with van der Waals surface area (Å²) < 4.78 is 0. The highest BCUT2D eigenvalue weighted by atomic mass is 35.5. The van der Waals surface area contributed by atoms with E-state index in [-0.39, 0.29) is 0 Å². The molecule has 0 bridgehead atoms. The highest BCUT2D eigenvalue weighted by molar-refractivity contribution is 7.98. The zero-order chi connectivity index (χ0) is 12.0. The number of carboxylic acid groups (broad SMARTS) is 1. The average Bonchev–Trinajstić information content (AvgIpc) is 2.19. The normalized spacial score (nSPS) is 11.5. The first-order chi connectivity index (χ1) is 7.59. The number of thioether (sulfide) groups is 1. The van der Waals surface area contributed by atoms with Crippen molar-refractivity contribution >= 4 is 29.3 Å². The van der Waals surface area contributed by atoms with Crippen molar-refractivity contribution < 1.29 is 9.90 Å². The molecule has 0 radical (unpaired) electrons. The third-order valence-electron chi connectivity index (χ3n) is 1.92. The van der Waals surface area contributed by atoms with Gasteiger partial charge in [0.2, 0.25) is 0 Å². The number of halogens is 1. The largest absolute Gasteiger partial charge is 0.478 e. The maximum absolute atomic E-state index is 10.4. The van der Waals surface area contributed by atoms with Gasteiger partial charge in [-0.2, -0.15) is 11.8 Å². The number of benzene rings is 1. The quantitative estimate of drug-likeness (QED) is 0.818. The second-order valence-electron chi connectivity index (χ2n) is 3.41. The summed E-state index contributed by atoms with van der Waals surface area (Å²) in [5, 5.41) is 9.30. The molecule has 1 N–H and O–H groups in total. The molecule has 0 saturated heterocycles. The molecule has 0 atom stereocenters. The van der Waals surface area contributed by atoms with Gasteiger partial charge in [-0.25, -0.2) is 4.79 Å². The smallest absolute Gasteiger partial charge is 0.328 e. The molecule has 1 aromatic carbocycles. The molecule has 1 aromatic rings. The summed E-state index contributed by atoms with van der Waals surface area (Å²) in [7, 11) is 0. The highest BCUT2D eigenvalue weighted by Crippen LogP contribution is 2.21. The minimum absolute atomic E-state index is 0.706. The van der Waals surface area contributed by atoms with Crippen molar-refractivity contribution in [3.63, 3.8) is 0 Å². The van der Waals surface area contributed by atoms with Crippen molar-refractivity contribution in [3.8, 4) is 0 Å². The first-order valence-electron chi connectivity index (χ1n) is 4.81. The Balaban J connectivity index is 2.42. The first-order valence-corrected chi connectivity index (χ1v) is 6.34. The lowest BCUT2D eigenvalue weighted by atomic mass is 10.2. The Morgan fingerprint density at radius 1 is 1.50 bits per heavy atom. The van der Waals surface area contributed by atoms with Gasteiger partial charge in [0.05, 0.1) is 0 Å². The summed E-state index contributed by atoms with van der Waals surface area (Å²) >= 11 is 7.66. The van der Waals surface area contributed by atoms with Crippen LogP contribution >= 0.6 is 23.4 Å². The maximum Gasteiger partial charge on any atom is 0.328 e. The molecule has 2 nitrogen and oxygen atoms in total. The van der Waals surface area contributed by atoms with Crippen LogP contribution in [0.1, 0.15) is 12.5 Å². The van der Waals surface area contributed by atoms with Crippen LogP contribution in [-0.2, 0) is 10.5 Å². The molecule has 0 fully saturated rings. The molecular formula is C12H13ClO2S. The van der Waals surface area contributed by atoms with Gasteiger partial charge < -0.3 is 5.11 Å². The SMILES string of the molecule is C/C(=C/C(=O)O)CSCc1ccccc1Cl. The molecule has 0 heterocycles. The molecule has 86 valence electrons. The number of rotatable bonds is 5. The van der Waals surface area contributed by atoms with Crippen molar-refractivity contribution in [1.29, 1.82) is 0 Å². The summed E-state index contributed by atoms with van der Waals surface area (Å²) in [6, 6.07) is 7.68. The van der Waals surface area contributed by atoms with E-state index in [1.165, 1.54) is 6.08 Å². The maximum atomic E-state index is 10.4. The van der Waals surface area contributed by atoms with Crippen molar-refractivity contribution in [2.45, 2.75) is 12.7 Å². The summed E-state index contributed by atoms with van der Waals surface area (Å²) in [4.78, 5) is 10.4. The molecule has 0 aliphatic heterocycles. The lowest BCUT2D eigenvalue weighted by Gasteiger charge is -2.03. The monoisotopic (exact) mass is 256 g/mol. The van der Waals surface area contributed by atoms with Crippen LogP contribution in [0, 0.1) is 0 Å². The van der Waals surface area contributed by atoms with Gasteiger partial charge >= 0.3 is 5.97 Å². The molecule has 0 unspecified atom stereocenters. The molecule has 0 aromatic heterocycles. The molecule has 0 aliphatic rings. The van der Waals surface area contributed by atoms with Crippen molar-refractivity contribution in [2.75, 3.05) is 5.75 Å². The Labute approximate surface area is 104 Å². The zero-order valence-corrected chi connectivity index (χ0v) is 10.5. The number of carboxylic acids is 1. The molecule has 0 saturated carbocycles. The van der Waals surface area contributed by atoms with E-state index in [0.717, 1.165) is 21.9 Å². The fourth-order valence-corrected chi connectivity index (χ4v) is 2.45. The van der Waals surface area contributed by atoms with Gasteiger partial charge in [0.1, 0.15) is 0 Å². The Morgan fingerprint density at radius 2 is 2.19 bits per heavy atom. The minimum atomic E-state index is -0.893. The molecule has 4 heteroatoms.